The molecule has 0 unspecified atom stereocenters. The fourth-order valence-corrected chi connectivity index (χ4v) is 4.45. The molecule has 0 bridgehead atoms. The van der Waals surface area contributed by atoms with Gasteiger partial charge in [0.1, 0.15) is 12.4 Å². The Balaban J connectivity index is 1.42. The van der Waals surface area contributed by atoms with Gasteiger partial charge in [0.15, 0.2) is 17.3 Å². The molecule has 0 saturated heterocycles. The average molecular weight is 588 g/mol. The van der Waals surface area contributed by atoms with Crippen LogP contribution >= 0.6 is 0 Å². The maximum atomic E-state index is 13.5. The first kappa shape index (κ1) is 27.4. The van der Waals surface area contributed by atoms with Gasteiger partial charge in [0, 0.05) is 23.3 Å². The molecule has 0 atom stereocenters. The molecule has 1 aliphatic rings. The van der Waals surface area contributed by atoms with E-state index in [1.807, 2.05) is 0 Å². The molecule has 0 spiro atoms. The van der Waals surface area contributed by atoms with E-state index in [1.54, 1.807) is 36.4 Å². The van der Waals surface area contributed by atoms with Gasteiger partial charge >= 0.3 is 6.18 Å². The van der Waals surface area contributed by atoms with E-state index in [0.717, 1.165) is 28.6 Å². The van der Waals surface area contributed by atoms with Crippen molar-refractivity contribution in [2.45, 2.75) is 12.8 Å². The van der Waals surface area contributed by atoms with E-state index in [-0.39, 0.29) is 52.7 Å². The number of nitro benzene ring substituents is 1. The van der Waals surface area contributed by atoms with Crippen LogP contribution in [0.2, 0.25) is 0 Å². The Labute approximate surface area is 240 Å². The van der Waals surface area contributed by atoms with E-state index in [1.165, 1.54) is 36.4 Å². The van der Waals surface area contributed by atoms with Gasteiger partial charge in [-0.1, -0.05) is 30.3 Å². The number of alkyl halides is 3. The van der Waals surface area contributed by atoms with Crippen molar-refractivity contribution in [3.63, 3.8) is 0 Å². The van der Waals surface area contributed by atoms with E-state index in [2.05, 4.69) is 10.1 Å². The van der Waals surface area contributed by atoms with Crippen LogP contribution in [-0.4, -0.2) is 27.6 Å². The van der Waals surface area contributed by atoms with Crippen LogP contribution in [-0.2, 0) is 12.8 Å². The highest BCUT2D eigenvalue weighted by molar-refractivity contribution is 5.85. The van der Waals surface area contributed by atoms with E-state index in [0.29, 0.717) is 11.5 Å². The van der Waals surface area contributed by atoms with Gasteiger partial charge in [0.2, 0.25) is 6.79 Å². The molecular weight excluding hydrogens is 569 g/mol. The predicted octanol–water partition coefficient (Wildman–Crippen LogP) is 6.18. The van der Waals surface area contributed by atoms with Gasteiger partial charge in [-0.3, -0.25) is 14.9 Å². The van der Waals surface area contributed by atoms with Gasteiger partial charge in [-0.25, -0.2) is 4.98 Å². The van der Waals surface area contributed by atoms with Crippen molar-refractivity contribution < 1.29 is 32.3 Å². The lowest BCUT2D eigenvalue weighted by atomic mass is 10.1. The standard InChI is InChI=1S/C30H19F3N4O6/c31-30(32,33)21-5-3-4-19(13-21)28-35-24-7-2-1-6-23(24)29(38)36(28)34-15-20-14-22(37(39)40)9-11-25(20)41-16-18-8-10-26-27(12-18)43-17-42-26/h1-15H,16-17H2. The normalized spacial score (nSPS) is 12.6. The van der Waals surface area contributed by atoms with Gasteiger partial charge < -0.3 is 14.2 Å². The van der Waals surface area contributed by atoms with E-state index < -0.39 is 22.2 Å². The Hall–Kier alpha value is -5.72. The number of nitrogens with zero attached hydrogens (tertiary/aromatic N) is 4. The van der Waals surface area contributed by atoms with Gasteiger partial charge in [-0.15, -0.1) is 0 Å². The summed E-state index contributed by atoms with van der Waals surface area (Å²) in [5.41, 5.74) is -0.720. The number of aromatic nitrogens is 2. The zero-order chi connectivity index (χ0) is 30.1. The number of fused-ring (bicyclic) bond motifs is 2. The molecule has 0 amide bonds. The number of para-hydroxylation sites is 1. The molecule has 0 radical (unpaired) electrons. The predicted molar refractivity (Wildman–Crippen MR) is 149 cm³/mol. The minimum atomic E-state index is -4.63. The molecule has 4 aromatic carbocycles. The number of rotatable bonds is 7. The molecule has 2 heterocycles. The first-order valence-corrected chi connectivity index (χ1v) is 12.7. The number of halogens is 3. The minimum absolute atomic E-state index is 0.00634. The van der Waals surface area contributed by atoms with Crippen LogP contribution in [0.15, 0.2) is 94.8 Å². The van der Waals surface area contributed by atoms with Gasteiger partial charge in [0.05, 0.1) is 27.6 Å². The van der Waals surface area contributed by atoms with Crippen molar-refractivity contribution in [1.29, 1.82) is 0 Å². The van der Waals surface area contributed by atoms with Crippen LogP contribution in [0.4, 0.5) is 18.9 Å². The second-order valence-electron chi connectivity index (χ2n) is 9.35. The number of hydrogen-bond acceptors (Lipinski definition) is 8. The Kier molecular flexibility index (Phi) is 6.98. The lowest BCUT2D eigenvalue weighted by molar-refractivity contribution is -0.384. The molecule has 13 heteroatoms. The summed E-state index contributed by atoms with van der Waals surface area (Å²) >= 11 is 0. The number of hydrogen-bond donors (Lipinski definition) is 0. The molecule has 43 heavy (non-hydrogen) atoms. The average Bonchev–Trinajstić information content (AvgIpc) is 3.47. The first-order valence-electron chi connectivity index (χ1n) is 12.7. The molecule has 1 aliphatic heterocycles. The summed E-state index contributed by atoms with van der Waals surface area (Å²) in [5.74, 6) is 1.20. The quantitative estimate of drug-likeness (QED) is 0.127. The molecule has 10 nitrogen and oxygen atoms in total. The zero-order valence-corrected chi connectivity index (χ0v) is 21.9. The van der Waals surface area contributed by atoms with Crippen LogP contribution in [0.3, 0.4) is 0 Å². The lowest BCUT2D eigenvalue weighted by Crippen LogP contribution is -2.20. The topological polar surface area (TPSA) is 118 Å². The van der Waals surface area contributed by atoms with Crippen molar-refractivity contribution in [3.8, 4) is 28.6 Å². The van der Waals surface area contributed by atoms with E-state index >= 15 is 0 Å². The summed E-state index contributed by atoms with van der Waals surface area (Å²) in [7, 11) is 0. The summed E-state index contributed by atoms with van der Waals surface area (Å²) in [6, 6.07) is 19.8. The van der Waals surface area contributed by atoms with Crippen molar-refractivity contribution in [3.05, 3.63) is 122 Å². The number of ether oxygens (including phenoxy) is 3. The summed E-state index contributed by atoms with van der Waals surface area (Å²) in [6.45, 7) is 0.163. The SMILES string of the molecule is O=c1c2ccccc2nc(-c2cccc(C(F)(F)F)c2)n1N=Cc1cc([N+](=O)[O-])ccc1OCc1ccc2c(c1)OCO2. The Morgan fingerprint density at radius 2 is 1.81 bits per heavy atom. The number of nitro groups is 1. The molecule has 6 rings (SSSR count). The Morgan fingerprint density at radius 1 is 1.00 bits per heavy atom. The van der Waals surface area contributed by atoms with Crippen molar-refractivity contribution in [2.24, 2.45) is 5.10 Å². The summed E-state index contributed by atoms with van der Waals surface area (Å²) in [6.07, 6.45) is -3.47. The van der Waals surface area contributed by atoms with E-state index in [9.17, 15) is 28.1 Å². The molecule has 0 saturated carbocycles. The molecule has 5 aromatic rings. The summed E-state index contributed by atoms with van der Waals surface area (Å²) in [4.78, 5) is 28.9. The fraction of sp³-hybridized carbons (Fsp3) is 0.100. The van der Waals surface area contributed by atoms with Crippen molar-refractivity contribution in [1.82, 2.24) is 9.66 Å². The molecule has 0 N–H and O–H groups in total. The van der Waals surface area contributed by atoms with E-state index in [4.69, 9.17) is 14.2 Å². The summed E-state index contributed by atoms with van der Waals surface area (Å²) < 4.78 is 58.0. The van der Waals surface area contributed by atoms with Crippen molar-refractivity contribution in [2.75, 3.05) is 6.79 Å². The van der Waals surface area contributed by atoms with Gasteiger partial charge in [-0.2, -0.15) is 22.9 Å². The highest BCUT2D eigenvalue weighted by Gasteiger charge is 2.31. The highest BCUT2D eigenvalue weighted by Crippen LogP contribution is 2.34. The largest absolute Gasteiger partial charge is 0.488 e. The van der Waals surface area contributed by atoms with Gasteiger partial charge in [0.25, 0.3) is 11.2 Å². The molecule has 0 aliphatic carbocycles. The van der Waals surface area contributed by atoms with Crippen LogP contribution in [0.5, 0.6) is 17.2 Å². The molecular formula is C30H19F3N4O6. The molecule has 216 valence electrons. The first-order chi connectivity index (χ1) is 20.7. The third-order valence-corrected chi connectivity index (χ3v) is 6.55. The van der Waals surface area contributed by atoms with Crippen LogP contribution in [0.25, 0.3) is 22.3 Å². The summed E-state index contributed by atoms with van der Waals surface area (Å²) in [5, 5.41) is 15.9. The maximum absolute atomic E-state index is 13.5. The van der Waals surface area contributed by atoms with Crippen LogP contribution in [0, 0.1) is 10.1 Å². The monoisotopic (exact) mass is 588 g/mol. The third kappa shape index (κ3) is 5.60. The van der Waals surface area contributed by atoms with Crippen LogP contribution < -0.4 is 19.8 Å². The number of benzene rings is 4. The minimum Gasteiger partial charge on any atom is -0.488 e. The third-order valence-electron chi connectivity index (χ3n) is 6.55. The Bertz CT molecular complexity index is 1970. The highest BCUT2D eigenvalue weighted by atomic mass is 19.4. The Morgan fingerprint density at radius 3 is 2.63 bits per heavy atom. The molecule has 0 fully saturated rings. The van der Waals surface area contributed by atoms with Gasteiger partial charge in [-0.05, 0) is 48.0 Å². The van der Waals surface area contributed by atoms with Crippen molar-refractivity contribution >= 4 is 22.8 Å². The fourth-order valence-electron chi connectivity index (χ4n) is 4.45. The number of non-ortho nitro benzene ring substituents is 1. The maximum Gasteiger partial charge on any atom is 0.416 e. The van der Waals surface area contributed by atoms with Crippen LogP contribution in [0.1, 0.15) is 16.7 Å². The zero-order valence-electron chi connectivity index (χ0n) is 21.9. The second-order valence-corrected chi connectivity index (χ2v) is 9.35. The smallest absolute Gasteiger partial charge is 0.416 e. The second kappa shape index (κ2) is 10.9. The molecule has 1 aromatic heterocycles. The lowest BCUT2D eigenvalue weighted by Gasteiger charge is -2.12.